The van der Waals surface area contributed by atoms with Crippen LogP contribution in [0, 0.1) is 5.92 Å². The number of fused-ring (bicyclic) bond motifs is 1. The second-order valence-corrected chi connectivity index (χ2v) is 13.1. The van der Waals surface area contributed by atoms with Crippen molar-refractivity contribution in [2.45, 2.75) is 51.6 Å². The fourth-order valence-corrected chi connectivity index (χ4v) is 7.21. The number of piperazine rings is 2. The summed E-state index contributed by atoms with van der Waals surface area (Å²) in [5.74, 6) is 0.743. The third-order valence-electron chi connectivity index (χ3n) is 10.0. The molecule has 0 bridgehead atoms. The zero-order valence-electron chi connectivity index (χ0n) is 26.5. The van der Waals surface area contributed by atoms with Gasteiger partial charge in [-0.25, -0.2) is 4.98 Å². The lowest BCUT2D eigenvalue weighted by molar-refractivity contribution is -0.134. The Morgan fingerprint density at radius 3 is 2.23 bits per heavy atom. The van der Waals surface area contributed by atoms with Crippen molar-refractivity contribution in [1.82, 2.24) is 29.9 Å². The zero-order valence-corrected chi connectivity index (χ0v) is 26.5. The molecule has 2 amide bonds. The van der Waals surface area contributed by atoms with Crippen LogP contribution in [0.5, 0.6) is 0 Å². The second-order valence-electron chi connectivity index (χ2n) is 13.1. The molecule has 1 aromatic heterocycles. The maximum atomic E-state index is 14.3. The van der Waals surface area contributed by atoms with Gasteiger partial charge in [-0.1, -0.05) is 67.8 Å². The molecular weight excluding hydrogens is 548 g/mol. The van der Waals surface area contributed by atoms with Crippen molar-refractivity contribution in [2.75, 3.05) is 66.0 Å². The molecule has 3 heterocycles. The van der Waals surface area contributed by atoms with Gasteiger partial charge in [0.15, 0.2) is 0 Å². The first-order valence-corrected chi connectivity index (χ1v) is 16.6. The minimum atomic E-state index is -0.00477. The summed E-state index contributed by atoms with van der Waals surface area (Å²) in [5.41, 5.74) is 4.44. The predicted molar refractivity (Wildman–Crippen MR) is 176 cm³/mol. The Hall–Kier alpha value is -3.33. The van der Waals surface area contributed by atoms with Crippen LogP contribution >= 0.6 is 0 Å². The molecule has 0 spiro atoms. The summed E-state index contributed by atoms with van der Waals surface area (Å²) in [6.45, 7) is 10.2. The molecule has 234 valence electrons. The molecule has 1 saturated carbocycles. The first-order valence-electron chi connectivity index (χ1n) is 16.6. The van der Waals surface area contributed by atoms with Crippen molar-refractivity contribution in [3.63, 3.8) is 0 Å². The lowest BCUT2D eigenvalue weighted by Gasteiger charge is -2.37. The van der Waals surface area contributed by atoms with Gasteiger partial charge in [0.1, 0.15) is 0 Å². The molecule has 44 heavy (non-hydrogen) atoms. The van der Waals surface area contributed by atoms with E-state index in [0.29, 0.717) is 32.1 Å². The van der Waals surface area contributed by atoms with E-state index < -0.39 is 0 Å². The third kappa shape index (κ3) is 7.14. The topological polar surface area (TPSA) is 72.0 Å². The fraction of sp³-hybridized carbons (Fsp3) is 0.528. The highest BCUT2D eigenvalue weighted by Crippen LogP contribution is 2.33. The van der Waals surface area contributed by atoms with Crippen LogP contribution in [0.3, 0.4) is 0 Å². The van der Waals surface area contributed by atoms with Gasteiger partial charge in [0, 0.05) is 81.5 Å². The minimum absolute atomic E-state index is 0.00477. The average Bonchev–Trinajstić information content (AvgIpc) is 3.06. The van der Waals surface area contributed by atoms with Gasteiger partial charge in [-0.3, -0.25) is 19.4 Å². The number of carbonyl (C=O) groups excluding carboxylic acids is 2. The van der Waals surface area contributed by atoms with E-state index in [2.05, 4.69) is 46.1 Å². The normalized spacial score (nSPS) is 20.1. The van der Waals surface area contributed by atoms with Crippen LogP contribution in [-0.4, -0.2) is 108 Å². The number of benzene rings is 2. The maximum Gasteiger partial charge on any atom is 0.252 e. The summed E-state index contributed by atoms with van der Waals surface area (Å²) in [4.78, 5) is 41.6. The molecule has 3 fully saturated rings. The third-order valence-corrected chi connectivity index (χ3v) is 10.0. The summed E-state index contributed by atoms with van der Waals surface area (Å²) in [6, 6.07) is 18.4. The van der Waals surface area contributed by atoms with Gasteiger partial charge in [0.2, 0.25) is 5.91 Å². The molecule has 3 aliphatic rings. The second kappa shape index (κ2) is 14.2. The van der Waals surface area contributed by atoms with Gasteiger partial charge in [-0.15, -0.1) is 0 Å². The molecule has 1 atom stereocenters. The molecule has 0 radical (unpaired) electrons. The van der Waals surface area contributed by atoms with E-state index in [1.54, 1.807) is 0 Å². The highest BCUT2D eigenvalue weighted by atomic mass is 16.2. The Bertz CT molecular complexity index is 1420. The van der Waals surface area contributed by atoms with E-state index in [4.69, 9.17) is 4.98 Å². The van der Waals surface area contributed by atoms with Crippen LogP contribution < -0.4 is 5.32 Å². The molecule has 1 unspecified atom stereocenters. The largest absolute Gasteiger partial charge is 0.349 e. The van der Waals surface area contributed by atoms with Crippen molar-refractivity contribution >= 4 is 22.7 Å². The predicted octanol–water partition coefficient (Wildman–Crippen LogP) is 4.49. The molecule has 2 aliphatic heterocycles. The van der Waals surface area contributed by atoms with Gasteiger partial charge in [-0.05, 0) is 38.8 Å². The summed E-state index contributed by atoms with van der Waals surface area (Å²) in [7, 11) is 2.14. The molecule has 2 saturated heterocycles. The van der Waals surface area contributed by atoms with Gasteiger partial charge in [0.05, 0.1) is 23.3 Å². The van der Waals surface area contributed by atoms with Crippen LogP contribution in [0.15, 0.2) is 54.6 Å². The average molecular weight is 597 g/mol. The van der Waals surface area contributed by atoms with Crippen molar-refractivity contribution < 1.29 is 9.59 Å². The van der Waals surface area contributed by atoms with Crippen molar-refractivity contribution in [2.24, 2.45) is 5.92 Å². The van der Waals surface area contributed by atoms with Crippen molar-refractivity contribution in [1.29, 1.82) is 0 Å². The first kappa shape index (κ1) is 30.7. The van der Waals surface area contributed by atoms with Crippen molar-refractivity contribution in [3.05, 3.63) is 65.7 Å². The highest BCUT2D eigenvalue weighted by Gasteiger charge is 2.29. The zero-order chi connectivity index (χ0) is 30.5. The number of pyridine rings is 1. The van der Waals surface area contributed by atoms with Crippen molar-refractivity contribution in [3.8, 4) is 11.3 Å². The Morgan fingerprint density at radius 1 is 0.841 bits per heavy atom. The number of amides is 2. The van der Waals surface area contributed by atoms with E-state index in [-0.39, 0.29) is 17.9 Å². The molecule has 1 aliphatic carbocycles. The minimum Gasteiger partial charge on any atom is -0.349 e. The van der Waals surface area contributed by atoms with Gasteiger partial charge < -0.3 is 15.1 Å². The van der Waals surface area contributed by atoms with E-state index in [9.17, 15) is 9.59 Å². The molecule has 8 nitrogen and oxygen atoms in total. The standard InChI is InChI=1S/C36H48N6O2/c1-27(28-11-5-3-6-12-28)37-36(44)34-30-15-9-10-16-32(30)38-35(29-13-7-4-8-14-29)31(34)25-40-21-23-42(24-22-40)33(43)26-41-19-17-39(2)18-20-41/h4,7-10,13-16,27-28H,3,5-6,11-12,17-26H2,1-2H3,(H,37,44). The molecule has 2 aromatic carbocycles. The number of nitrogens with zero attached hydrogens (tertiary/aromatic N) is 5. The van der Waals surface area contributed by atoms with Gasteiger partial charge in [0.25, 0.3) is 5.91 Å². The van der Waals surface area contributed by atoms with Crippen LogP contribution in [0.1, 0.15) is 54.9 Å². The monoisotopic (exact) mass is 596 g/mol. The summed E-state index contributed by atoms with van der Waals surface area (Å²) < 4.78 is 0. The Balaban J connectivity index is 1.25. The number of rotatable bonds is 8. The van der Waals surface area contributed by atoms with Crippen LogP contribution in [0.4, 0.5) is 0 Å². The lowest BCUT2D eigenvalue weighted by atomic mass is 9.84. The number of aromatic nitrogens is 1. The highest BCUT2D eigenvalue weighted by molar-refractivity contribution is 6.09. The quantitative estimate of drug-likeness (QED) is 0.413. The lowest BCUT2D eigenvalue weighted by Crippen LogP contribution is -2.53. The van der Waals surface area contributed by atoms with E-state index >= 15 is 0 Å². The molecule has 8 heteroatoms. The molecule has 3 aromatic rings. The smallest absolute Gasteiger partial charge is 0.252 e. The summed E-state index contributed by atoms with van der Waals surface area (Å²) in [6.07, 6.45) is 6.15. The van der Waals surface area contributed by atoms with Crippen LogP contribution in [0.2, 0.25) is 0 Å². The van der Waals surface area contributed by atoms with Gasteiger partial charge >= 0.3 is 0 Å². The molecular formula is C36H48N6O2. The van der Waals surface area contributed by atoms with E-state index in [1.807, 2.05) is 47.4 Å². The number of hydrogen-bond acceptors (Lipinski definition) is 6. The number of para-hydroxylation sites is 1. The van der Waals surface area contributed by atoms with E-state index in [0.717, 1.165) is 72.6 Å². The van der Waals surface area contributed by atoms with Crippen LogP contribution in [0.25, 0.3) is 22.2 Å². The SMILES string of the molecule is CC(NC(=O)c1c(CN2CCN(C(=O)CN3CCN(C)CC3)CC2)c(-c2ccccc2)nc2ccccc12)C1CCCCC1. The number of nitrogens with one attached hydrogen (secondary N) is 1. The fourth-order valence-electron chi connectivity index (χ4n) is 7.21. The number of hydrogen-bond donors (Lipinski definition) is 1. The first-order chi connectivity index (χ1) is 21.5. The Kier molecular flexibility index (Phi) is 9.89. The maximum absolute atomic E-state index is 14.3. The Labute approximate surface area is 262 Å². The number of carbonyl (C=O) groups is 2. The van der Waals surface area contributed by atoms with E-state index in [1.165, 1.54) is 32.1 Å². The number of likely N-dealkylation sites (N-methyl/N-ethyl adjacent to an activating group) is 1. The van der Waals surface area contributed by atoms with Gasteiger partial charge in [-0.2, -0.15) is 0 Å². The summed E-state index contributed by atoms with van der Waals surface area (Å²) >= 11 is 0. The molecule has 6 rings (SSSR count). The Morgan fingerprint density at radius 2 is 1.50 bits per heavy atom. The molecule has 1 N–H and O–H groups in total. The van der Waals surface area contributed by atoms with Crippen LogP contribution in [-0.2, 0) is 11.3 Å². The summed E-state index contributed by atoms with van der Waals surface area (Å²) in [5, 5.41) is 4.33.